The summed E-state index contributed by atoms with van der Waals surface area (Å²) in [5, 5.41) is 11.4. The van der Waals surface area contributed by atoms with E-state index in [0.717, 1.165) is 22.8 Å². The zero-order valence-electron chi connectivity index (χ0n) is 17.7. The highest BCUT2D eigenvalue weighted by Gasteiger charge is 2.26. The lowest BCUT2D eigenvalue weighted by Gasteiger charge is -2.31. The van der Waals surface area contributed by atoms with E-state index < -0.39 is 11.6 Å². The predicted molar refractivity (Wildman–Crippen MR) is 117 cm³/mol. The van der Waals surface area contributed by atoms with Gasteiger partial charge in [-0.1, -0.05) is 18.2 Å². The summed E-state index contributed by atoms with van der Waals surface area (Å²) in [7, 11) is 1.62. The second kappa shape index (κ2) is 9.72. The van der Waals surface area contributed by atoms with Crippen molar-refractivity contribution in [2.75, 3.05) is 25.1 Å². The summed E-state index contributed by atoms with van der Waals surface area (Å²) in [6.45, 7) is 1.14. The Morgan fingerprint density at radius 2 is 1.75 bits per heavy atom. The van der Waals surface area contributed by atoms with Crippen LogP contribution in [0.2, 0.25) is 0 Å². The van der Waals surface area contributed by atoms with E-state index in [1.165, 1.54) is 18.2 Å². The van der Waals surface area contributed by atoms with Gasteiger partial charge in [-0.2, -0.15) is 0 Å². The molecule has 0 saturated carbocycles. The highest BCUT2D eigenvalue weighted by molar-refractivity contribution is 5.79. The number of nitrogens with one attached hydrogen (secondary N) is 1. The van der Waals surface area contributed by atoms with Gasteiger partial charge in [-0.15, -0.1) is 10.2 Å². The molecule has 1 fully saturated rings. The molecule has 0 radical (unpaired) electrons. The first-order chi connectivity index (χ1) is 15.6. The Hall–Kier alpha value is -3.55. The van der Waals surface area contributed by atoms with Crippen LogP contribution in [0, 0.1) is 17.6 Å². The molecule has 0 bridgehead atoms. The summed E-state index contributed by atoms with van der Waals surface area (Å²) < 4.78 is 32.9. The lowest BCUT2D eigenvalue weighted by molar-refractivity contribution is -0.125. The number of hydrogen-bond acceptors (Lipinski definition) is 5. The highest BCUT2D eigenvalue weighted by atomic mass is 19.1. The number of para-hydroxylation sites is 1. The Kier molecular flexibility index (Phi) is 6.58. The Labute approximate surface area is 185 Å². The zero-order valence-corrected chi connectivity index (χ0v) is 17.7. The van der Waals surface area contributed by atoms with Gasteiger partial charge in [-0.3, -0.25) is 4.79 Å². The summed E-state index contributed by atoms with van der Waals surface area (Å²) in [5.41, 5.74) is 1.47. The van der Waals surface area contributed by atoms with Crippen LogP contribution in [0.5, 0.6) is 5.75 Å². The van der Waals surface area contributed by atoms with Gasteiger partial charge in [-0.05, 0) is 49.2 Å². The molecular weight excluding hydrogens is 414 g/mol. The van der Waals surface area contributed by atoms with Crippen LogP contribution in [-0.4, -0.2) is 36.3 Å². The van der Waals surface area contributed by atoms with E-state index in [1.807, 2.05) is 36.4 Å². The van der Waals surface area contributed by atoms with Crippen LogP contribution in [0.25, 0.3) is 11.3 Å². The molecule has 0 unspecified atom stereocenters. The Bertz CT molecular complexity index is 1060. The van der Waals surface area contributed by atoms with Gasteiger partial charge in [0, 0.05) is 36.7 Å². The number of carbonyl (C=O) groups is 1. The zero-order chi connectivity index (χ0) is 22.5. The second-order valence-corrected chi connectivity index (χ2v) is 7.66. The fourth-order valence-corrected chi connectivity index (χ4v) is 3.89. The van der Waals surface area contributed by atoms with Crippen molar-refractivity contribution in [3.63, 3.8) is 0 Å². The van der Waals surface area contributed by atoms with Crippen molar-refractivity contribution in [2.24, 2.45) is 5.92 Å². The maximum absolute atomic E-state index is 13.7. The number of halogens is 2. The highest BCUT2D eigenvalue weighted by Crippen LogP contribution is 2.29. The molecule has 0 spiro atoms. The van der Waals surface area contributed by atoms with Crippen LogP contribution in [0.1, 0.15) is 18.4 Å². The van der Waals surface area contributed by atoms with Crippen molar-refractivity contribution in [3.05, 3.63) is 71.8 Å². The van der Waals surface area contributed by atoms with Crippen molar-refractivity contribution in [3.8, 4) is 17.0 Å². The number of nitrogens with zero attached hydrogens (tertiary/aromatic N) is 3. The van der Waals surface area contributed by atoms with Gasteiger partial charge in [0.2, 0.25) is 5.91 Å². The molecule has 4 rings (SSSR count). The van der Waals surface area contributed by atoms with Crippen molar-refractivity contribution < 1.29 is 18.3 Å². The molecular formula is C24H24F2N4O2. The maximum atomic E-state index is 13.7. The molecule has 2 heterocycles. The number of amides is 1. The van der Waals surface area contributed by atoms with E-state index in [-0.39, 0.29) is 23.9 Å². The molecule has 0 atom stereocenters. The molecule has 1 amide bonds. The van der Waals surface area contributed by atoms with Crippen LogP contribution in [0.4, 0.5) is 14.6 Å². The minimum atomic E-state index is -0.657. The number of carbonyl (C=O) groups excluding carboxylic acids is 1. The topological polar surface area (TPSA) is 67.3 Å². The van der Waals surface area contributed by atoms with Crippen molar-refractivity contribution in [1.82, 2.24) is 15.5 Å². The van der Waals surface area contributed by atoms with Gasteiger partial charge in [0.1, 0.15) is 17.4 Å². The van der Waals surface area contributed by atoms with Gasteiger partial charge >= 0.3 is 0 Å². The van der Waals surface area contributed by atoms with Crippen molar-refractivity contribution in [2.45, 2.75) is 19.4 Å². The lowest BCUT2D eigenvalue weighted by Crippen LogP contribution is -2.40. The molecule has 166 valence electrons. The quantitative estimate of drug-likeness (QED) is 0.631. The summed E-state index contributed by atoms with van der Waals surface area (Å²) >= 11 is 0. The standard InChI is InChI=1S/C24H24F2N4O2/c1-32-22-8-3-2-5-17(22)21-9-10-23(29-28-21)30-13-11-16(12-14-30)24(31)27-15-18-19(25)6-4-7-20(18)26/h2-10,16H,11-15H2,1H3,(H,27,31). The monoisotopic (exact) mass is 438 g/mol. The first kappa shape index (κ1) is 21.7. The van der Waals surface area contributed by atoms with Gasteiger partial charge in [0.15, 0.2) is 5.82 Å². The SMILES string of the molecule is COc1ccccc1-c1ccc(N2CCC(C(=O)NCc3c(F)cccc3F)CC2)nn1. The fourth-order valence-electron chi connectivity index (χ4n) is 3.89. The molecule has 3 aromatic rings. The fraction of sp³-hybridized carbons (Fsp3) is 0.292. The van der Waals surface area contributed by atoms with Gasteiger partial charge < -0.3 is 15.0 Å². The first-order valence-electron chi connectivity index (χ1n) is 10.5. The largest absolute Gasteiger partial charge is 0.496 e. The smallest absolute Gasteiger partial charge is 0.223 e. The summed E-state index contributed by atoms with van der Waals surface area (Å²) in [5.74, 6) is -0.232. The van der Waals surface area contributed by atoms with E-state index in [0.29, 0.717) is 25.9 Å². The number of piperidine rings is 1. The second-order valence-electron chi connectivity index (χ2n) is 7.66. The average Bonchev–Trinajstić information content (AvgIpc) is 2.84. The minimum Gasteiger partial charge on any atom is -0.496 e. The molecule has 1 N–H and O–H groups in total. The summed E-state index contributed by atoms with van der Waals surface area (Å²) in [6.07, 6.45) is 1.25. The molecule has 0 aliphatic carbocycles. The van der Waals surface area contributed by atoms with Crippen molar-refractivity contribution >= 4 is 11.7 Å². The van der Waals surface area contributed by atoms with E-state index in [9.17, 15) is 13.6 Å². The third-order valence-corrected chi connectivity index (χ3v) is 5.72. The number of benzene rings is 2. The summed E-state index contributed by atoms with van der Waals surface area (Å²) in [4.78, 5) is 14.6. The van der Waals surface area contributed by atoms with Crippen LogP contribution in [0.15, 0.2) is 54.6 Å². The normalized spacial score (nSPS) is 14.3. The molecule has 2 aromatic carbocycles. The summed E-state index contributed by atoms with van der Waals surface area (Å²) in [6, 6.07) is 15.1. The number of anilines is 1. The van der Waals surface area contributed by atoms with Gasteiger partial charge in [-0.25, -0.2) is 8.78 Å². The lowest BCUT2D eigenvalue weighted by atomic mass is 9.95. The van der Waals surface area contributed by atoms with Crippen LogP contribution in [-0.2, 0) is 11.3 Å². The number of rotatable bonds is 6. The number of methoxy groups -OCH3 is 1. The molecule has 6 nitrogen and oxygen atoms in total. The van der Waals surface area contributed by atoms with Crippen molar-refractivity contribution in [1.29, 1.82) is 0 Å². The molecule has 8 heteroatoms. The number of aromatic nitrogens is 2. The number of ether oxygens (including phenoxy) is 1. The predicted octanol–water partition coefficient (Wildman–Crippen LogP) is 3.96. The Morgan fingerprint density at radius 1 is 1.03 bits per heavy atom. The molecule has 1 aliphatic rings. The Morgan fingerprint density at radius 3 is 2.41 bits per heavy atom. The Balaban J connectivity index is 1.33. The van der Waals surface area contributed by atoms with Crippen LogP contribution >= 0.6 is 0 Å². The van der Waals surface area contributed by atoms with Gasteiger partial charge in [0.25, 0.3) is 0 Å². The van der Waals surface area contributed by atoms with Crippen LogP contribution < -0.4 is 15.0 Å². The van der Waals surface area contributed by atoms with E-state index in [2.05, 4.69) is 20.4 Å². The van der Waals surface area contributed by atoms with Gasteiger partial charge in [0.05, 0.1) is 12.8 Å². The van der Waals surface area contributed by atoms with E-state index >= 15 is 0 Å². The average molecular weight is 438 g/mol. The van der Waals surface area contributed by atoms with E-state index in [4.69, 9.17) is 4.74 Å². The van der Waals surface area contributed by atoms with E-state index in [1.54, 1.807) is 7.11 Å². The minimum absolute atomic E-state index is 0.122. The maximum Gasteiger partial charge on any atom is 0.223 e. The number of hydrogen-bond donors (Lipinski definition) is 1. The first-order valence-corrected chi connectivity index (χ1v) is 10.5. The molecule has 1 aliphatic heterocycles. The molecule has 1 aromatic heterocycles. The third kappa shape index (κ3) is 4.69. The van der Waals surface area contributed by atoms with Crippen LogP contribution in [0.3, 0.4) is 0 Å². The molecule has 1 saturated heterocycles. The third-order valence-electron chi connectivity index (χ3n) is 5.72. The molecule has 32 heavy (non-hydrogen) atoms.